The van der Waals surface area contributed by atoms with Crippen molar-refractivity contribution in [2.24, 2.45) is 5.92 Å². The fraction of sp³-hybridized carbons (Fsp3) is 0.609. The van der Waals surface area contributed by atoms with Crippen molar-refractivity contribution in [1.29, 1.82) is 0 Å². The molecule has 2 aromatic rings. The number of hydrogen-bond acceptors (Lipinski definition) is 3. The van der Waals surface area contributed by atoms with Crippen molar-refractivity contribution in [3.05, 3.63) is 35.5 Å². The van der Waals surface area contributed by atoms with Gasteiger partial charge in [0.05, 0.1) is 12.1 Å². The number of carbonyl (C=O) groups excluding carboxylic acids is 1. The summed E-state index contributed by atoms with van der Waals surface area (Å²) in [5.74, 6) is 1.18. The molecule has 1 amide bonds. The molecule has 2 heterocycles. The number of aliphatic hydroxyl groups excluding tert-OH is 1. The maximum absolute atomic E-state index is 12.4. The third-order valence-corrected chi connectivity index (χ3v) is 5.92. The van der Waals surface area contributed by atoms with Crippen LogP contribution in [0.25, 0.3) is 10.9 Å². The Labute approximate surface area is 167 Å². The van der Waals surface area contributed by atoms with E-state index in [4.69, 9.17) is 4.74 Å². The number of rotatable bonds is 4. The quantitative estimate of drug-likeness (QED) is 0.834. The molecule has 1 N–H and O–H groups in total. The summed E-state index contributed by atoms with van der Waals surface area (Å²) in [4.78, 5) is 14.2. The van der Waals surface area contributed by atoms with E-state index in [1.807, 2.05) is 25.7 Å². The molecule has 0 unspecified atom stereocenters. The van der Waals surface area contributed by atoms with Crippen molar-refractivity contribution in [2.75, 3.05) is 13.1 Å². The van der Waals surface area contributed by atoms with E-state index < -0.39 is 5.60 Å². The number of fused-ring (bicyclic) bond motifs is 1. The van der Waals surface area contributed by atoms with Crippen molar-refractivity contribution < 1.29 is 14.6 Å². The number of piperidine rings is 1. The molecule has 0 atom stereocenters. The maximum Gasteiger partial charge on any atom is 0.410 e. The summed E-state index contributed by atoms with van der Waals surface area (Å²) in [6, 6.07) is 8.65. The largest absolute Gasteiger partial charge is 0.444 e. The third kappa shape index (κ3) is 4.04. The van der Waals surface area contributed by atoms with Gasteiger partial charge in [-0.25, -0.2) is 4.79 Å². The second-order valence-electron chi connectivity index (χ2n) is 9.37. The predicted octanol–water partition coefficient (Wildman–Crippen LogP) is 4.66. The van der Waals surface area contributed by atoms with E-state index in [2.05, 4.69) is 28.8 Å². The second-order valence-corrected chi connectivity index (χ2v) is 9.37. The molecule has 1 aromatic carbocycles. The molecular formula is C23H32N2O3. The van der Waals surface area contributed by atoms with Gasteiger partial charge in [-0.2, -0.15) is 0 Å². The number of ether oxygens (including phenoxy) is 1. The minimum atomic E-state index is -0.455. The SMILES string of the molecule is CC(C)(C)OC(=O)N1CCC(c2cccc3cc(CO)n(CC4CC4)c23)CC1. The number of likely N-dealkylation sites (tertiary alicyclic amines) is 1. The van der Waals surface area contributed by atoms with Gasteiger partial charge in [0.2, 0.25) is 0 Å². The minimum absolute atomic E-state index is 0.0813. The third-order valence-electron chi connectivity index (χ3n) is 5.92. The van der Waals surface area contributed by atoms with Crippen LogP contribution in [0.1, 0.15) is 63.6 Å². The molecule has 0 spiro atoms. The zero-order valence-electron chi connectivity index (χ0n) is 17.3. The van der Waals surface area contributed by atoms with Gasteiger partial charge in [0.1, 0.15) is 5.60 Å². The lowest BCUT2D eigenvalue weighted by molar-refractivity contribution is 0.0205. The molecule has 1 saturated carbocycles. The van der Waals surface area contributed by atoms with E-state index >= 15 is 0 Å². The number of carbonyl (C=O) groups is 1. The van der Waals surface area contributed by atoms with Crippen LogP contribution in [0, 0.1) is 5.92 Å². The number of amides is 1. The first-order valence-electron chi connectivity index (χ1n) is 10.6. The summed E-state index contributed by atoms with van der Waals surface area (Å²) in [6.45, 7) is 8.27. The zero-order valence-corrected chi connectivity index (χ0v) is 17.3. The Bertz CT molecular complexity index is 853. The van der Waals surface area contributed by atoms with Crippen LogP contribution in [-0.2, 0) is 17.9 Å². The first-order chi connectivity index (χ1) is 13.4. The standard InChI is InChI=1S/C23H32N2O3/c1-23(2,3)28-22(27)24-11-9-17(10-12-24)20-6-4-5-18-13-19(15-26)25(21(18)20)14-16-7-8-16/h4-6,13,16-17,26H,7-12,14-15H2,1-3H3. The van der Waals surface area contributed by atoms with E-state index in [0.29, 0.717) is 5.92 Å². The van der Waals surface area contributed by atoms with Crippen molar-refractivity contribution in [3.63, 3.8) is 0 Å². The zero-order chi connectivity index (χ0) is 19.9. The topological polar surface area (TPSA) is 54.7 Å². The monoisotopic (exact) mass is 384 g/mol. The average molecular weight is 385 g/mol. The molecular weight excluding hydrogens is 352 g/mol. The Morgan fingerprint density at radius 2 is 1.89 bits per heavy atom. The molecule has 0 bridgehead atoms. The van der Waals surface area contributed by atoms with Crippen LogP contribution in [0.3, 0.4) is 0 Å². The van der Waals surface area contributed by atoms with Gasteiger partial charge in [-0.1, -0.05) is 18.2 Å². The van der Waals surface area contributed by atoms with Gasteiger partial charge < -0.3 is 19.3 Å². The molecule has 1 aliphatic heterocycles. The number of aliphatic hydroxyl groups is 1. The summed E-state index contributed by atoms with van der Waals surface area (Å²) >= 11 is 0. The normalized spacial score (nSPS) is 18.6. The van der Waals surface area contributed by atoms with E-state index in [0.717, 1.165) is 44.1 Å². The minimum Gasteiger partial charge on any atom is -0.444 e. The number of aromatic nitrogens is 1. The molecule has 2 fully saturated rings. The van der Waals surface area contributed by atoms with Gasteiger partial charge >= 0.3 is 6.09 Å². The lowest BCUT2D eigenvalue weighted by atomic mass is 9.88. The summed E-state index contributed by atoms with van der Waals surface area (Å²) in [7, 11) is 0. The molecule has 1 saturated heterocycles. The van der Waals surface area contributed by atoms with Crippen LogP contribution in [0.4, 0.5) is 4.79 Å². The Kier molecular flexibility index (Phi) is 5.13. The van der Waals surface area contributed by atoms with Gasteiger partial charge in [-0.3, -0.25) is 0 Å². The van der Waals surface area contributed by atoms with E-state index in [-0.39, 0.29) is 12.7 Å². The highest BCUT2D eigenvalue weighted by atomic mass is 16.6. The van der Waals surface area contributed by atoms with Gasteiger partial charge in [0.25, 0.3) is 0 Å². The van der Waals surface area contributed by atoms with Crippen LogP contribution >= 0.6 is 0 Å². The fourth-order valence-corrected chi connectivity index (χ4v) is 4.34. The second kappa shape index (κ2) is 7.43. The molecule has 5 heteroatoms. The molecule has 5 nitrogen and oxygen atoms in total. The molecule has 1 aromatic heterocycles. The van der Waals surface area contributed by atoms with E-state index in [1.165, 1.54) is 29.3 Å². The van der Waals surface area contributed by atoms with E-state index in [9.17, 15) is 9.90 Å². The Hall–Kier alpha value is -2.01. The maximum atomic E-state index is 12.4. The summed E-state index contributed by atoms with van der Waals surface area (Å²) in [6.07, 6.45) is 4.27. The van der Waals surface area contributed by atoms with Crippen molar-refractivity contribution in [2.45, 2.75) is 71.1 Å². The average Bonchev–Trinajstić information content (AvgIpc) is 3.40. The first-order valence-corrected chi connectivity index (χ1v) is 10.6. The van der Waals surface area contributed by atoms with Crippen LogP contribution in [0.15, 0.2) is 24.3 Å². The van der Waals surface area contributed by atoms with Crippen molar-refractivity contribution >= 4 is 17.0 Å². The molecule has 152 valence electrons. The predicted molar refractivity (Wildman–Crippen MR) is 110 cm³/mol. The molecule has 28 heavy (non-hydrogen) atoms. The summed E-state index contributed by atoms with van der Waals surface area (Å²) in [5, 5.41) is 11.1. The van der Waals surface area contributed by atoms with Crippen LogP contribution < -0.4 is 0 Å². The van der Waals surface area contributed by atoms with Gasteiger partial charge in [-0.05, 0) is 69.9 Å². The Balaban J connectivity index is 1.55. The molecule has 2 aliphatic rings. The highest BCUT2D eigenvalue weighted by molar-refractivity contribution is 5.85. The smallest absolute Gasteiger partial charge is 0.410 e. The van der Waals surface area contributed by atoms with Crippen LogP contribution in [0.5, 0.6) is 0 Å². The number of nitrogens with zero attached hydrogens (tertiary/aromatic N) is 2. The van der Waals surface area contributed by atoms with Gasteiger partial charge in [0.15, 0.2) is 0 Å². The highest BCUT2D eigenvalue weighted by Crippen LogP contribution is 2.38. The van der Waals surface area contributed by atoms with Crippen molar-refractivity contribution in [1.82, 2.24) is 9.47 Å². The number of benzene rings is 1. The summed E-state index contributed by atoms with van der Waals surface area (Å²) < 4.78 is 7.88. The van der Waals surface area contributed by atoms with Gasteiger partial charge in [0, 0.05) is 30.7 Å². The number of hydrogen-bond donors (Lipinski definition) is 1. The van der Waals surface area contributed by atoms with Crippen LogP contribution in [-0.4, -0.2) is 39.4 Å². The van der Waals surface area contributed by atoms with Gasteiger partial charge in [-0.15, -0.1) is 0 Å². The Morgan fingerprint density at radius 1 is 1.18 bits per heavy atom. The molecule has 1 aliphatic carbocycles. The lowest BCUT2D eigenvalue weighted by Gasteiger charge is -2.34. The molecule has 4 rings (SSSR count). The van der Waals surface area contributed by atoms with Crippen LogP contribution in [0.2, 0.25) is 0 Å². The fourth-order valence-electron chi connectivity index (χ4n) is 4.34. The molecule has 0 radical (unpaired) electrons. The van der Waals surface area contributed by atoms with Crippen molar-refractivity contribution in [3.8, 4) is 0 Å². The Morgan fingerprint density at radius 3 is 2.50 bits per heavy atom. The number of para-hydroxylation sites is 1. The van der Waals surface area contributed by atoms with E-state index in [1.54, 1.807) is 0 Å². The highest BCUT2D eigenvalue weighted by Gasteiger charge is 2.30. The first kappa shape index (κ1) is 19.3. The lowest BCUT2D eigenvalue weighted by Crippen LogP contribution is -2.41. The summed E-state index contributed by atoms with van der Waals surface area (Å²) in [5.41, 5.74) is 3.21.